The van der Waals surface area contributed by atoms with Crippen LogP contribution in [0.3, 0.4) is 0 Å². The molecule has 1 aromatic heterocycles. The molecule has 3 aromatic rings. The van der Waals surface area contributed by atoms with Crippen molar-refractivity contribution in [3.8, 4) is 5.75 Å². The Kier molecular flexibility index (Phi) is 5.81. The summed E-state index contributed by atoms with van der Waals surface area (Å²) >= 11 is 6.19. The number of pyridine rings is 1. The van der Waals surface area contributed by atoms with Gasteiger partial charge in [-0.05, 0) is 31.2 Å². The number of nitrogens with one attached hydrogen (secondary N) is 1. The van der Waals surface area contributed by atoms with Crippen molar-refractivity contribution in [3.63, 3.8) is 0 Å². The van der Waals surface area contributed by atoms with Crippen molar-refractivity contribution < 1.29 is 14.5 Å². The number of nitro groups is 1. The van der Waals surface area contributed by atoms with Gasteiger partial charge in [0.1, 0.15) is 10.9 Å². The molecular weight excluding hydrogens is 384 g/mol. The van der Waals surface area contributed by atoms with E-state index in [4.69, 9.17) is 16.3 Å². The Morgan fingerprint density at radius 2 is 2.14 bits per heavy atom. The van der Waals surface area contributed by atoms with E-state index < -0.39 is 10.8 Å². The summed E-state index contributed by atoms with van der Waals surface area (Å²) < 4.78 is 5.44. The third-order valence-electron chi connectivity index (χ3n) is 3.77. The van der Waals surface area contributed by atoms with Gasteiger partial charge in [-0.1, -0.05) is 17.7 Å². The molecule has 0 aliphatic heterocycles. The lowest BCUT2D eigenvalue weighted by Gasteiger charge is -2.06. The number of nitro benzene ring substituents is 1. The summed E-state index contributed by atoms with van der Waals surface area (Å²) in [4.78, 5) is 26.6. The number of fused-ring (bicyclic) bond motifs is 1. The topological polar surface area (TPSA) is 107 Å². The van der Waals surface area contributed by atoms with Crippen molar-refractivity contribution >= 4 is 40.3 Å². The molecule has 0 fully saturated rings. The van der Waals surface area contributed by atoms with Gasteiger partial charge in [0.2, 0.25) is 0 Å². The van der Waals surface area contributed by atoms with Crippen LogP contribution in [0.1, 0.15) is 22.8 Å². The van der Waals surface area contributed by atoms with E-state index in [0.29, 0.717) is 23.4 Å². The molecule has 1 N–H and O–H groups in total. The normalized spacial score (nSPS) is 10.9. The van der Waals surface area contributed by atoms with Crippen LogP contribution in [-0.2, 0) is 0 Å². The maximum atomic E-state index is 12.1. The second-order valence-electron chi connectivity index (χ2n) is 5.66. The van der Waals surface area contributed by atoms with Crippen LogP contribution in [-0.4, -0.2) is 28.6 Å². The third kappa shape index (κ3) is 4.41. The molecule has 1 heterocycles. The molecule has 0 atom stereocenters. The number of hydrogen-bond donors (Lipinski definition) is 1. The molecule has 0 radical (unpaired) electrons. The van der Waals surface area contributed by atoms with E-state index in [2.05, 4.69) is 15.5 Å². The van der Waals surface area contributed by atoms with Crippen LogP contribution in [0.25, 0.3) is 10.9 Å². The number of carbonyl (C=O) groups excluding carboxylic acids is 1. The minimum absolute atomic E-state index is 0.123. The standard InChI is InChI=1S/C19H15ClN4O4/c1-2-28-16-7-6-12-8-14(18(20)22-17(12)10-16)11-21-23-19(25)13-4-3-5-15(9-13)24(26)27/h3-11H,2H2,1H3,(H,23,25). The highest BCUT2D eigenvalue weighted by molar-refractivity contribution is 6.32. The number of nitrogens with zero attached hydrogens (tertiary/aromatic N) is 3. The average Bonchev–Trinajstić information content (AvgIpc) is 2.68. The molecular formula is C19H15ClN4O4. The monoisotopic (exact) mass is 398 g/mol. The minimum atomic E-state index is -0.578. The number of hydrazone groups is 1. The maximum Gasteiger partial charge on any atom is 0.271 e. The summed E-state index contributed by atoms with van der Waals surface area (Å²) in [5, 5.41) is 15.7. The molecule has 0 bridgehead atoms. The van der Waals surface area contributed by atoms with Crippen molar-refractivity contribution in [2.45, 2.75) is 6.92 Å². The molecule has 0 unspecified atom stereocenters. The molecule has 28 heavy (non-hydrogen) atoms. The first-order chi connectivity index (χ1) is 13.5. The van der Waals surface area contributed by atoms with Crippen LogP contribution < -0.4 is 10.2 Å². The Morgan fingerprint density at radius 3 is 2.89 bits per heavy atom. The van der Waals surface area contributed by atoms with E-state index in [0.717, 1.165) is 5.39 Å². The van der Waals surface area contributed by atoms with Crippen LogP contribution in [0.5, 0.6) is 5.75 Å². The summed E-state index contributed by atoms with van der Waals surface area (Å²) in [6.07, 6.45) is 1.36. The highest BCUT2D eigenvalue weighted by Gasteiger charge is 2.11. The molecule has 0 aliphatic rings. The molecule has 0 saturated heterocycles. The van der Waals surface area contributed by atoms with Crippen LogP contribution in [0.15, 0.2) is 53.6 Å². The second kappa shape index (κ2) is 8.45. The number of non-ortho nitro benzene ring substituents is 1. The zero-order valence-corrected chi connectivity index (χ0v) is 15.5. The fourth-order valence-corrected chi connectivity index (χ4v) is 2.67. The van der Waals surface area contributed by atoms with Crippen molar-refractivity contribution in [3.05, 3.63) is 74.9 Å². The Balaban J connectivity index is 1.76. The van der Waals surface area contributed by atoms with E-state index in [-0.39, 0.29) is 16.4 Å². The number of benzene rings is 2. The largest absolute Gasteiger partial charge is 0.494 e. The fraction of sp³-hybridized carbons (Fsp3) is 0.105. The average molecular weight is 399 g/mol. The van der Waals surface area contributed by atoms with Gasteiger partial charge in [0, 0.05) is 34.7 Å². The number of hydrogen-bond acceptors (Lipinski definition) is 6. The number of rotatable bonds is 6. The highest BCUT2D eigenvalue weighted by Crippen LogP contribution is 2.23. The van der Waals surface area contributed by atoms with Gasteiger partial charge >= 0.3 is 0 Å². The third-order valence-corrected chi connectivity index (χ3v) is 4.07. The van der Waals surface area contributed by atoms with Gasteiger partial charge in [-0.15, -0.1) is 0 Å². The van der Waals surface area contributed by atoms with Gasteiger partial charge in [0.25, 0.3) is 11.6 Å². The number of halogens is 1. The smallest absolute Gasteiger partial charge is 0.271 e. The first kappa shape index (κ1) is 19.2. The van der Waals surface area contributed by atoms with Gasteiger partial charge in [0.05, 0.1) is 23.3 Å². The lowest BCUT2D eigenvalue weighted by molar-refractivity contribution is -0.384. The maximum absolute atomic E-state index is 12.1. The van der Waals surface area contributed by atoms with Gasteiger partial charge in [-0.25, -0.2) is 10.4 Å². The lowest BCUT2D eigenvalue weighted by Crippen LogP contribution is -2.17. The first-order valence-corrected chi connectivity index (χ1v) is 8.66. The van der Waals surface area contributed by atoms with Crippen molar-refractivity contribution in [2.24, 2.45) is 5.10 Å². The zero-order chi connectivity index (χ0) is 20.1. The first-order valence-electron chi connectivity index (χ1n) is 8.29. The molecule has 1 amide bonds. The Morgan fingerprint density at radius 1 is 1.32 bits per heavy atom. The number of ether oxygens (including phenoxy) is 1. The van der Waals surface area contributed by atoms with Crippen LogP contribution in [0, 0.1) is 10.1 Å². The Bertz CT molecular complexity index is 1080. The van der Waals surface area contributed by atoms with E-state index >= 15 is 0 Å². The van der Waals surface area contributed by atoms with Crippen LogP contribution in [0.2, 0.25) is 5.15 Å². The quantitative estimate of drug-likeness (QED) is 0.292. The molecule has 3 rings (SSSR count). The van der Waals surface area contributed by atoms with E-state index in [9.17, 15) is 14.9 Å². The number of aromatic nitrogens is 1. The summed E-state index contributed by atoms with van der Waals surface area (Å²) in [5.41, 5.74) is 3.45. The Hall–Kier alpha value is -3.52. The molecule has 0 saturated carbocycles. The van der Waals surface area contributed by atoms with Crippen LogP contribution >= 0.6 is 11.6 Å². The van der Waals surface area contributed by atoms with Gasteiger partial charge in [-0.3, -0.25) is 14.9 Å². The summed E-state index contributed by atoms with van der Waals surface area (Å²) in [6, 6.07) is 12.6. The zero-order valence-electron chi connectivity index (χ0n) is 14.8. The molecule has 2 aromatic carbocycles. The molecule has 142 valence electrons. The Labute approximate surface area is 164 Å². The highest BCUT2D eigenvalue weighted by atomic mass is 35.5. The molecule has 9 heteroatoms. The van der Waals surface area contributed by atoms with Crippen molar-refractivity contribution in [1.29, 1.82) is 0 Å². The van der Waals surface area contributed by atoms with E-state index in [1.54, 1.807) is 12.1 Å². The van der Waals surface area contributed by atoms with E-state index in [1.165, 1.54) is 30.5 Å². The van der Waals surface area contributed by atoms with Crippen LogP contribution in [0.4, 0.5) is 5.69 Å². The summed E-state index contributed by atoms with van der Waals surface area (Å²) in [6.45, 7) is 2.44. The van der Waals surface area contributed by atoms with E-state index in [1.807, 2.05) is 19.1 Å². The van der Waals surface area contributed by atoms with Gasteiger partial charge < -0.3 is 4.74 Å². The van der Waals surface area contributed by atoms with Gasteiger partial charge in [-0.2, -0.15) is 5.10 Å². The fourth-order valence-electron chi connectivity index (χ4n) is 2.47. The van der Waals surface area contributed by atoms with Crippen molar-refractivity contribution in [2.75, 3.05) is 6.61 Å². The molecule has 0 aliphatic carbocycles. The molecule has 0 spiro atoms. The summed E-state index contributed by atoms with van der Waals surface area (Å²) in [5.74, 6) is 0.121. The lowest BCUT2D eigenvalue weighted by atomic mass is 10.1. The van der Waals surface area contributed by atoms with Crippen molar-refractivity contribution in [1.82, 2.24) is 10.4 Å². The SMILES string of the molecule is CCOc1ccc2cc(C=NNC(=O)c3cccc([N+](=O)[O-])c3)c(Cl)nc2c1. The summed E-state index contributed by atoms with van der Waals surface area (Å²) in [7, 11) is 0. The number of carbonyl (C=O) groups is 1. The minimum Gasteiger partial charge on any atom is -0.494 e. The number of amides is 1. The predicted octanol–water partition coefficient (Wildman–Crippen LogP) is 3.96. The predicted molar refractivity (Wildman–Crippen MR) is 106 cm³/mol. The van der Waals surface area contributed by atoms with Gasteiger partial charge in [0.15, 0.2) is 0 Å². The second-order valence-corrected chi connectivity index (χ2v) is 6.02. The molecule has 8 nitrogen and oxygen atoms in total.